The highest BCUT2D eigenvalue weighted by Gasteiger charge is 2.22. The van der Waals surface area contributed by atoms with Gasteiger partial charge in [-0.15, -0.1) is 0 Å². The Bertz CT molecular complexity index is 3180. The van der Waals surface area contributed by atoms with Gasteiger partial charge in [-0.1, -0.05) is 127 Å². The molecule has 0 saturated heterocycles. The smallest absolute Gasteiger partial charge is 0.227 e. The normalized spacial score (nSPS) is 11.6. The van der Waals surface area contributed by atoms with Crippen molar-refractivity contribution in [3.05, 3.63) is 200 Å². The van der Waals surface area contributed by atoms with Gasteiger partial charge in [-0.05, 0) is 100 Å². The Morgan fingerprint density at radius 2 is 1.07 bits per heavy atom. The third kappa shape index (κ3) is 5.11. The minimum Gasteiger partial charge on any atom is -0.435 e. The van der Waals surface area contributed by atoms with Gasteiger partial charge in [0.1, 0.15) is 5.52 Å². The number of hydrogen-bond donors (Lipinski definition) is 0. The van der Waals surface area contributed by atoms with E-state index in [1.54, 1.807) is 0 Å². The van der Waals surface area contributed by atoms with Crippen LogP contribution in [0.4, 0.5) is 17.1 Å². The summed E-state index contributed by atoms with van der Waals surface area (Å²) in [4.78, 5) is 7.32. The van der Waals surface area contributed by atoms with E-state index in [1.807, 2.05) is 30.3 Å². The van der Waals surface area contributed by atoms with Gasteiger partial charge in [0.15, 0.2) is 5.58 Å². The van der Waals surface area contributed by atoms with Crippen LogP contribution in [0.5, 0.6) is 0 Å². The fourth-order valence-electron chi connectivity index (χ4n) is 8.26. The zero-order valence-corrected chi connectivity index (χ0v) is 29.8. The molecule has 4 nitrogen and oxygen atoms in total. The van der Waals surface area contributed by atoms with Gasteiger partial charge in [-0.3, -0.25) is 0 Å². The maximum Gasteiger partial charge on any atom is 0.227 e. The molecular weight excluding hydrogens is 671 g/mol. The first-order chi connectivity index (χ1) is 27.3. The van der Waals surface area contributed by atoms with Crippen LogP contribution >= 0.6 is 0 Å². The van der Waals surface area contributed by atoms with Crippen LogP contribution in [-0.2, 0) is 0 Å². The number of hydrogen-bond acceptors (Lipinski definition) is 3. The van der Waals surface area contributed by atoms with Gasteiger partial charge in [0.05, 0.1) is 16.7 Å². The number of rotatable bonds is 6. The molecule has 0 bridgehead atoms. The summed E-state index contributed by atoms with van der Waals surface area (Å²) in [6, 6.07) is 71.0. The van der Waals surface area contributed by atoms with E-state index in [2.05, 4.69) is 179 Å². The summed E-state index contributed by atoms with van der Waals surface area (Å²) in [5, 5.41) is 6.82. The van der Waals surface area contributed by atoms with Crippen molar-refractivity contribution in [1.82, 2.24) is 9.55 Å². The molecular formula is C51H33N3O. The van der Waals surface area contributed by atoms with Crippen LogP contribution in [0.3, 0.4) is 0 Å². The average molecular weight is 704 g/mol. The predicted octanol–water partition coefficient (Wildman–Crippen LogP) is 14.0. The average Bonchev–Trinajstić information content (AvgIpc) is 3.85. The van der Waals surface area contributed by atoms with Crippen LogP contribution in [0.1, 0.15) is 0 Å². The number of para-hydroxylation sites is 2. The second kappa shape index (κ2) is 12.6. The van der Waals surface area contributed by atoms with E-state index in [9.17, 15) is 0 Å². The molecule has 0 aliphatic carbocycles. The van der Waals surface area contributed by atoms with Crippen molar-refractivity contribution >= 4 is 71.5 Å². The Hall–Kier alpha value is -7.43. The molecule has 4 heteroatoms. The van der Waals surface area contributed by atoms with Gasteiger partial charge in [0.25, 0.3) is 0 Å². The van der Waals surface area contributed by atoms with Crippen LogP contribution < -0.4 is 4.90 Å². The van der Waals surface area contributed by atoms with Crippen molar-refractivity contribution < 1.29 is 4.42 Å². The standard InChI is InChI=1S/C51H33N3O/c1-4-13-34(14-5-1)35-25-29-40(30-26-35)54-45-20-11-10-19-42(45)49-46(21-12-22-47(49)54)53(39-17-8-3-9-18-39)41-31-27-36-23-24-37-28-32-44-50(48(37)43(36)33-41)55-51(52-44)38-15-6-2-7-16-38/h1-33H. The number of benzene rings is 9. The third-order valence-electron chi connectivity index (χ3n) is 10.8. The van der Waals surface area contributed by atoms with E-state index in [1.165, 1.54) is 21.9 Å². The van der Waals surface area contributed by atoms with Crippen LogP contribution in [0.25, 0.3) is 82.7 Å². The number of fused-ring (bicyclic) bond motifs is 8. The van der Waals surface area contributed by atoms with Crippen LogP contribution in [0, 0.1) is 0 Å². The molecule has 0 saturated carbocycles. The quantitative estimate of drug-likeness (QED) is 0.162. The molecule has 0 aliphatic rings. The van der Waals surface area contributed by atoms with E-state index in [0.717, 1.165) is 72.0 Å². The Morgan fingerprint density at radius 1 is 0.436 bits per heavy atom. The third-order valence-corrected chi connectivity index (χ3v) is 10.8. The maximum atomic E-state index is 6.60. The first-order valence-corrected chi connectivity index (χ1v) is 18.6. The SMILES string of the molecule is c1ccc(-c2ccc(-n3c4ccccc4c4c(N(c5ccccc5)c5ccc6ccc7ccc8nc(-c9ccccc9)oc8c7c6c5)cccc43)cc2)cc1. The summed E-state index contributed by atoms with van der Waals surface area (Å²) in [7, 11) is 0. The van der Waals surface area contributed by atoms with Crippen molar-refractivity contribution in [2.45, 2.75) is 0 Å². The summed E-state index contributed by atoms with van der Waals surface area (Å²) in [5.41, 5.74) is 11.7. The molecule has 0 N–H and O–H groups in total. The molecule has 0 radical (unpaired) electrons. The summed E-state index contributed by atoms with van der Waals surface area (Å²) in [5.74, 6) is 0.625. The molecule has 0 fully saturated rings. The lowest BCUT2D eigenvalue weighted by atomic mass is 9.99. The van der Waals surface area contributed by atoms with Crippen LogP contribution in [0.15, 0.2) is 205 Å². The highest BCUT2D eigenvalue weighted by atomic mass is 16.3. The fourth-order valence-corrected chi connectivity index (χ4v) is 8.26. The van der Waals surface area contributed by atoms with E-state index >= 15 is 0 Å². The second-order valence-electron chi connectivity index (χ2n) is 14.0. The fraction of sp³-hybridized carbons (Fsp3) is 0. The summed E-state index contributed by atoms with van der Waals surface area (Å²) < 4.78 is 8.99. The number of nitrogens with zero attached hydrogens (tertiary/aromatic N) is 3. The van der Waals surface area contributed by atoms with Gasteiger partial charge in [0, 0.05) is 38.8 Å². The van der Waals surface area contributed by atoms with E-state index in [4.69, 9.17) is 9.40 Å². The van der Waals surface area contributed by atoms with E-state index < -0.39 is 0 Å². The Balaban J connectivity index is 1.14. The molecule has 0 unspecified atom stereocenters. The van der Waals surface area contributed by atoms with Crippen molar-refractivity contribution in [3.63, 3.8) is 0 Å². The Labute approximate surface area is 317 Å². The summed E-state index contributed by atoms with van der Waals surface area (Å²) >= 11 is 0. The summed E-state index contributed by atoms with van der Waals surface area (Å²) in [6.07, 6.45) is 0. The van der Waals surface area contributed by atoms with Gasteiger partial charge in [0.2, 0.25) is 5.89 Å². The van der Waals surface area contributed by atoms with Crippen molar-refractivity contribution in [2.75, 3.05) is 4.90 Å². The molecule has 0 amide bonds. The lowest BCUT2D eigenvalue weighted by Gasteiger charge is -2.27. The topological polar surface area (TPSA) is 34.2 Å². The second-order valence-corrected chi connectivity index (χ2v) is 14.0. The lowest BCUT2D eigenvalue weighted by Crippen LogP contribution is -2.10. The van der Waals surface area contributed by atoms with Crippen molar-refractivity contribution in [1.29, 1.82) is 0 Å². The number of anilines is 3. The first kappa shape index (κ1) is 31.1. The molecule has 11 aromatic rings. The van der Waals surface area contributed by atoms with Gasteiger partial charge >= 0.3 is 0 Å². The van der Waals surface area contributed by atoms with E-state index in [-0.39, 0.29) is 0 Å². The Kier molecular flexibility index (Phi) is 7.14. The maximum absolute atomic E-state index is 6.60. The molecule has 55 heavy (non-hydrogen) atoms. The van der Waals surface area contributed by atoms with Gasteiger partial charge in [-0.2, -0.15) is 0 Å². The highest BCUT2D eigenvalue weighted by molar-refractivity contribution is 6.20. The molecule has 0 spiro atoms. The minimum atomic E-state index is 0.625. The largest absolute Gasteiger partial charge is 0.435 e. The van der Waals surface area contributed by atoms with Crippen molar-refractivity contribution in [3.8, 4) is 28.3 Å². The van der Waals surface area contributed by atoms with E-state index in [0.29, 0.717) is 5.89 Å². The van der Waals surface area contributed by atoms with Crippen LogP contribution in [0.2, 0.25) is 0 Å². The predicted molar refractivity (Wildman–Crippen MR) is 229 cm³/mol. The number of aromatic nitrogens is 2. The molecule has 2 aromatic heterocycles. The molecule has 0 aliphatic heterocycles. The highest BCUT2D eigenvalue weighted by Crippen LogP contribution is 2.45. The van der Waals surface area contributed by atoms with Gasteiger partial charge in [-0.25, -0.2) is 4.98 Å². The zero-order valence-electron chi connectivity index (χ0n) is 29.8. The number of oxazole rings is 1. The zero-order chi connectivity index (χ0) is 36.3. The van der Waals surface area contributed by atoms with Crippen LogP contribution in [-0.4, -0.2) is 9.55 Å². The Morgan fingerprint density at radius 3 is 1.87 bits per heavy atom. The van der Waals surface area contributed by atoms with Gasteiger partial charge < -0.3 is 13.9 Å². The molecule has 0 atom stereocenters. The minimum absolute atomic E-state index is 0.625. The van der Waals surface area contributed by atoms with Crippen molar-refractivity contribution in [2.24, 2.45) is 0 Å². The molecule has 9 aromatic carbocycles. The molecule has 258 valence electrons. The monoisotopic (exact) mass is 703 g/mol. The lowest BCUT2D eigenvalue weighted by molar-refractivity contribution is 0.623. The first-order valence-electron chi connectivity index (χ1n) is 18.6. The molecule has 11 rings (SSSR count). The molecule has 2 heterocycles. The summed E-state index contributed by atoms with van der Waals surface area (Å²) in [6.45, 7) is 0.